The van der Waals surface area contributed by atoms with E-state index in [0.29, 0.717) is 19.5 Å². The van der Waals surface area contributed by atoms with E-state index in [9.17, 15) is 9.90 Å². The molecule has 1 aromatic rings. The van der Waals surface area contributed by atoms with Crippen molar-refractivity contribution >= 4 is 5.91 Å². The SMILES string of the molecule is Cc1c(C)c(C)c(C(=O)N2CCC(C)(O)C2)c(C)c1C. The largest absolute Gasteiger partial charge is 0.388 e. The number of β-amino-alcohol motifs (C(OH)–C–C–N with tert-alkyl or cyclic N) is 1. The molecule has 3 heteroatoms. The van der Waals surface area contributed by atoms with Crippen LogP contribution in [0.1, 0.15) is 51.5 Å². The van der Waals surface area contributed by atoms with Crippen LogP contribution < -0.4 is 0 Å². The van der Waals surface area contributed by atoms with E-state index >= 15 is 0 Å². The van der Waals surface area contributed by atoms with Crippen LogP contribution in [0.25, 0.3) is 0 Å². The minimum Gasteiger partial charge on any atom is -0.388 e. The van der Waals surface area contributed by atoms with Gasteiger partial charge in [0.15, 0.2) is 0 Å². The highest BCUT2D eigenvalue weighted by Crippen LogP contribution is 2.29. The van der Waals surface area contributed by atoms with Crippen molar-refractivity contribution in [1.82, 2.24) is 4.90 Å². The van der Waals surface area contributed by atoms with E-state index in [4.69, 9.17) is 0 Å². The van der Waals surface area contributed by atoms with Crippen LogP contribution in [0.5, 0.6) is 0 Å². The van der Waals surface area contributed by atoms with Gasteiger partial charge in [0.2, 0.25) is 0 Å². The maximum atomic E-state index is 12.8. The summed E-state index contributed by atoms with van der Waals surface area (Å²) in [6.07, 6.45) is 0.653. The summed E-state index contributed by atoms with van der Waals surface area (Å²) in [5.41, 5.74) is 5.88. The third-order valence-corrected chi connectivity index (χ3v) is 4.95. The summed E-state index contributed by atoms with van der Waals surface area (Å²) in [7, 11) is 0. The molecular weight excluding hydrogens is 250 g/mol. The third kappa shape index (κ3) is 2.35. The fraction of sp³-hybridized carbons (Fsp3) is 0.588. The zero-order valence-corrected chi connectivity index (χ0v) is 13.4. The molecule has 0 spiro atoms. The lowest BCUT2D eigenvalue weighted by atomic mass is 9.89. The van der Waals surface area contributed by atoms with Gasteiger partial charge < -0.3 is 10.0 Å². The molecule has 0 radical (unpaired) electrons. The molecule has 0 aliphatic carbocycles. The first-order valence-corrected chi connectivity index (χ1v) is 7.24. The van der Waals surface area contributed by atoms with Gasteiger partial charge in [-0.3, -0.25) is 4.79 Å². The minimum atomic E-state index is -0.744. The highest BCUT2D eigenvalue weighted by Gasteiger charge is 2.35. The quantitative estimate of drug-likeness (QED) is 0.856. The molecule has 0 aromatic heterocycles. The van der Waals surface area contributed by atoms with Gasteiger partial charge in [-0.2, -0.15) is 0 Å². The molecule has 1 heterocycles. The van der Waals surface area contributed by atoms with E-state index < -0.39 is 5.60 Å². The molecule has 0 saturated carbocycles. The van der Waals surface area contributed by atoms with Crippen molar-refractivity contribution < 1.29 is 9.90 Å². The molecule has 3 nitrogen and oxygen atoms in total. The van der Waals surface area contributed by atoms with Crippen LogP contribution in [0, 0.1) is 34.6 Å². The molecule has 2 rings (SSSR count). The molecule has 1 amide bonds. The van der Waals surface area contributed by atoms with Gasteiger partial charge in [-0.1, -0.05) is 0 Å². The summed E-state index contributed by atoms with van der Waals surface area (Å²) in [5.74, 6) is 0.0592. The number of likely N-dealkylation sites (tertiary alicyclic amines) is 1. The zero-order chi connectivity index (χ0) is 15.2. The predicted molar refractivity (Wildman–Crippen MR) is 81.3 cm³/mol. The summed E-state index contributed by atoms with van der Waals surface area (Å²) in [6.45, 7) is 13.2. The fourth-order valence-corrected chi connectivity index (χ4v) is 3.10. The third-order valence-electron chi connectivity index (χ3n) is 4.95. The summed E-state index contributed by atoms with van der Waals surface area (Å²) < 4.78 is 0. The van der Waals surface area contributed by atoms with Crippen molar-refractivity contribution in [2.75, 3.05) is 13.1 Å². The fourth-order valence-electron chi connectivity index (χ4n) is 3.10. The number of rotatable bonds is 1. The topological polar surface area (TPSA) is 40.5 Å². The molecular formula is C17H25NO2. The second-order valence-corrected chi connectivity index (χ2v) is 6.47. The zero-order valence-electron chi connectivity index (χ0n) is 13.4. The molecule has 0 bridgehead atoms. The summed E-state index contributed by atoms with van der Waals surface area (Å²) >= 11 is 0. The predicted octanol–water partition coefficient (Wildman–Crippen LogP) is 2.83. The molecule has 1 atom stereocenters. The van der Waals surface area contributed by atoms with Crippen LogP contribution in [0.2, 0.25) is 0 Å². The van der Waals surface area contributed by atoms with Gasteiger partial charge >= 0.3 is 0 Å². The van der Waals surface area contributed by atoms with Gasteiger partial charge in [0.1, 0.15) is 0 Å². The normalized spacial score (nSPS) is 22.4. The molecule has 1 aliphatic rings. The summed E-state index contributed by atoms with van der Waals surface area (Å²) in [5, 5.41) is 10.1. The van der Waals surface area contributed by atoms with E-state index in [0.717, 1.165) is 16.7 Å². The Kier molecular flexibility index (Phi) is 3.67. The maximum absolute atomic E-state index is 12.8. The van der Waals surface area contributed by atoms with Gasteiger partial charge in [0.05, 0.1) is 5.60 Å². The maximum Gasteiger partial charge on any atom is 0.254 e. The van der Waals surface area contributed by atoms with Gasteiger partial charge in [0.25, 0.3) is 5.91 Å². The molecule has 1 aromatic carbocycles. The lowest BCUT2D eigenvalue weighted by Gasteiger charge is -2.23. The van der Waals surface area contributed by atoms with Crippen LogP contribution in [0.15, 0.2) is 0 Å². The van der Waals surface area contributed by atoms with E-state index in [1.54, 1.807) is 11.8 Å². The first-order chi connectivity index (χ1) is 9.15. The molecule has 110 valence electrons. The Morgan fingerprint density at radius 2 is 1.45 bits per heavy atom. The number of hydrogen-bond donors (Lipinski definition) is 1. The second-order valence-electron chi connectivity index (χ2n) is 6.47. The number of carbonyl (C=O) groups is 1. The van der Waals surface area contributed by atoms with Crippen molar-refractivity contribution in [3.63, 3.8) is 0 Å². The first kappa shape index (κ1) is 15.0. The number of hydrogen-bond acceptors (Lipinski definition) is 2. The van der Waals surface area contributed by atoms with Gasteiger partial charge in [-0.15, -0.1) is 0 Å². The van der Waals surface area contributed by atoms with Crippen molar-refractivity contribution in [1.29, 1.82) is 0 Å². The highest BCUT2D eigenvalue weighted by atomic mass is 16.3. The average Bonchev–Trinajstić information content (AvgIpc) is 2.74. The number of amides is 1. The van der Waals surface area contributed by atoms with Crippen molar-refractivity contribution in [2.24, 2.45) is 0 Å². The van der Waals surface area contributed by atoms with Gasteiger partial charge in [0, 0.05) is 18.7 Å². The standard InChI is InChI=1S/C17H25NO2/c1-10-11(2)13(4)15(14(5)12(10)3)16(19)18-8-7-17(6,20)9-18/h20H,7-9H2,1-6H3. The number of benzene rings is 1. The minimum absolute atomic E-state index is 0.0592. The number of nitrogens with zero attached hydrogens (tertiary/aromatic N) is 1. The number of carbonyl (C=O) groups excluding carboxylic acids is 1. The van der Waals surface area contributed by atoms with Crippen molar-refractivity contribution in [2.45, 2.75) is 53.6 Å². The molecule has 1 N–H and O–H groups in total. The smallest absolute Gasteiger partial charge is 0.254 e. The Bertz CT molecular complexity index is 544. The Balaban J connectivity index is 2.46. The van der Waals surface area contributed by atoms with Crippen LogP contribution in [-0.4, -0.2) is 34.6 Å². The highest BCUT2D eigenvalue weighted by molar-refractivity contribution is 5.98. The van der Waals surface area contributed by atoms with Crippen LogP contribution in [0.3, 0.4) is 0 Å². The average molecular weight is 275 g/mol. The summed E-state index contributed by atoms with van der Waals surface area (Å²) in [6, 6.07) is 0. The van der Waals surface area contributed by atoms with Gasteiger partial charge in [-0.25, -0.2) is 0 Å². The monoisotopic (exact) mass is 275 g/mol. The Labute approximate surface area is 121 Å². The van der Waals surface area contributed by atoms with Crippen LogP contribution >= 0.6 is 0 Å². The molecule has 1 fully saturated rings. The van der Waals surface area contributed by atoms with E-state index in [1.807, 2.05) is 13.8 Å². The Hall–Kier alpha value is -1.35. The molecule has 1 unspecified atom stereocenters. The summed E-state index contributed by atoms with van der Waals surface area (Å²) in [4.78, 5) is 14.6. The van der Waals surface area contributed by atoms with Crippen molar-refractivity contribution in [3.8, 4) is 0 Å². The number of aliphatic hydroxyl groups is 1. The lowest BCUT2D eigenvalue weighted by molar-refractivity contribution is 0.0571. The molecule has 20 heavy (non-hydrogen) atoms. The van der Waals surface area contributed by atoms with Crippen molar-refractivity contribution in [3.05, 3.63) is 33.4 Å². The Morgan fingerprint density at radius 3 is 1.85 bits per heavy atom. The lowest BCUT2D eigenvalue weighted by Crippen LogP contribution is -2.34. The van der Waals surface area contributed by atoms with Crippen LogP contribution in [-0.2, 0) is 0 Å². The van der Waals surface area contributed by atoms with E-state index in [2.05, 4.69) is 20.8 Å². The van der Waals surface area contributed by atoms with E-state index in [-0.39, 0.29) is 5.91 Å². The van der Waals surface area contributed by atoms with Gasteiger partial charge in [-0.05, 0) is 75.8 Å². The Morgan fingerprint density at radius 1 is 1.00 bits per heavy atom. The molecule has 1 saturated heterocycles. The second kappa shape index (κ2) is 4.88. The molecule has 1 aliphatic heterocycles. The van der Waals surface area contributed by atoms with E-state index in [1.165, 1.54) is 16.7 Å². The van der Waals surface area contributed by atoms with Crippen LogP contribution in [0.4, 0.5) is 0 Å². The first-order valence-electron chi connectivity index (χ1n) is 7.24.